The van der Waals surface area contributed by atoms with E-state index in [2.05, 4.69) is 15.9 Å². The molecule has 2 nitrogen and oxygen atoms in total. The van der Waals surface area contributed by atoms with Gasteiger partial charge in [-0.1, -0.05) is 17.7 Å². The number of hydrogen-bond donors (Lipinski definition) is 0. The first-order valence-corrected chi connectivity index (χ1v) is 7.48. The molecule has 2 fully saturated rings. The molecule has 0 aromatic rings. The summed E-state index contributed by atoms with van der Waals surface area (Å²) in [5.41, 5.74) is 0. The lowest BCUT2D eigenvalue weighted by Gasteiger charge is -2.21. The third-order valence-corrected chi connectivity index (χ3v) is 4.99. The van der Waals surface area contributed by atoms with E-state index in [0.29, 0.717) is 0 Å². The van der Waals surface area contributed by atoms with Gasteiger partial charge in [0, 0.05) is 31.2 Å². The van der Waals surface area contributed by atoms with Crippen molar-refractivity contribution in [3.63, 3.8) is 0 Å². The van der Waals surface area contributed by atoms with Gasteiger partial charge in [-0.15, -0.1) is 0 Å². The summed E-state index contributed by atoms with van der Waals surface area (Å²) in [6.45, 7) is 7.79. The first-order valence-electron chi connectivity index (χ1n) is 7.10. The summed E-state index contributed by atoms with van der Waals surface area (Å²) in [5.74, 6) is 1.72. The first-order chi connectivity index (χ1) is 8.31. The molecule has 0 radical (unpaired) electrons. The predicted octanol–water partition coefficient (Wildman–Crippen LogP) is 2.55. The summed E-state index contributed by atoms with van der Waals surface area (Å²) in [5, 5.41) is 1.10. The minimum atomic E-state index is 0.839. The van der Waals surface area contributed by atoms with Crippen molar-refractivity contribution in [1.82, 2.24) is 9.80 Å². The van der Waals surface area contributed by atoms with Crippen molar-refractivity contribution >= 4 is 11.6 Å². The average molecular weight is 255 g/mol. The molecule has 0 aromatic heterocycles. The maximum absolute atomic E-state index is 6.15. The molecule has 2 saturated heterocycles. The van der Waals surface area contributed by atoms with Crippen LogP contribution < -0.4 is 0 Å². The molecule has 3 aliphatic rings. The molecule has 0 saturated carbocycles. The van der Waals surface area contributed by atoms with E-state index in [0.717, 1.165) is 23.3 Å². The molecule has 0 spiro atoms. The van der Waals surface area contributed by atoms with E-state index in [1.54, 1.807) is 0 Å². The van der Waals surface area contributed by atoms with Crippen LogP contribution in [0.3, 0.4) is 0 Å². The SMILES string of the molecule is ClC1=CC[C@H]2CN(CCN3CCCC3)C[C@@H]2C1. The van der Waals surface area contributed by atoms with Crippen molar-refractivity contribution in [2.75, 3.05) is 39.3 Å². The van der Waals surface area contributed by atoms with Crippen LogP contribution in [0.5, 0.6) is 0 Å². The molecule has 2 atom stereocenters. The second kappa shape index (κ2) is 5.29. The quantitative estimate of drug-likeness (QED) is 0.764. The van der Waals surface area contributed by atoms with E-state index in [9.17, 15) is 0 Å². The van der Waals surface area contributed by atoms with Crippen molar-refractivity contribution in [2.24, 2.45) is 11.8 Å². The van der Waals surface area contributed by atoms with Gasteiger partial charge in [0.1, 0.15) is 0 Å². The number of likely N-dealkylation sites (tertiary alicyclic amines) is 2. The summed E-state index contributed by atoms with van der Waals surface area (Å²) >= 11 is 6.15. The largest absolute Gasteiger partial charge is 0.302 e. The molecule has 3 rings (SSSR count). The highest BCUT2D eigenvalue weighted by Crippen LogP contribution is 2.36. The molecule has 0 unspecified atom stereocenters. The molecule has 2 heterocycles. The molecule has 1 aliphatic carbocycles. The van der Waals surface area contributed by atoms with Gasteiger partial charge in [-0.2, -0.15) is 0 Å². The van der Waals surface area contributed by atoms with Crippen molar-refractivity contribution in [2.45, 2.75) is 25.7 Å². The Morgan fingerprint density at radius 3 is 2.59 bits per heavy atom. The van der Waals surface area contributed by atoms with Crippen molar-refractivity contribution in [3.05, 3.63) is 11.1 Å². The van der Waals surface area contributed by atoms with Crippen LogP contribution in [0.15, 0.2) is 11.1 Å². The predicted molar refractivity (Wildman–Crippen MR) is 72.3 cm³/mol. The highest BCUT2D eigenvalue weighted by molar-refractivity contribution is 6.29. The Bertz CT molecular complexity index is 297. The van der Waals surface area contributed by atoms with Crippen LogP contribution >= 0.6 is 11.6 Å². The van der Waals surface area contributed by atoms with Crippen LogP contribution in [0.2, 0.25) is 0 Å². The lowest BCUT2D eigenvalue weighted by atomic mass is 9.86. The zero-order valence-electron chi connectivity index (χ0n) is 10.6. The van der Waals surface area contributed by atoms with Crippen molar-refractivity contribution in [1.29, 1.82) is 0 Å². The van der Waals surface area contributed by atoms with Crippen molar-refractivity contribution in [3.8, 4) is 0 Å². The summed E-state index contributed by atoms with van der Waals surface area (Å²) < 4.78 is 0. The first kappa shape index (κ1) is 12.0. The van der Waals surface area contributed by atoms with Gasteiger partial charge in [-0.05, 0) is 50.6 Å². The van der Waals surface area contributed by atoms with Gasteiger partial charge >= 0.3 is 0 Å². The summed E-state index contributed by atoms with van der Waals surface area (Å²) in [6, 6.07) is 0. The fraction of sp³-hybridized carbons (Fsp3) is 0.857. The Kier molecular flexibility index (Phi) is 3.74. The zero-order valence-corrected chi connectivity index (χ0v) is 11.3. The van der Waals surface area contributed by atoms with Crippen molar-refractivity contribution < 1.29 is 0 Å². The average Bonchev–Trinajstić information content (AvgIpc) is 2.94. The smallest absolute Gasteiger partial charge is 0.0144 e. The monoisotopic (exact) mass is 254 g/mol. The maximum atomic E-state index is 6.15. The Morgan fingerprint density at radius 2 is 1.76 bits per heavy atom. The van der Waals surface area contributed by atoms with E-state index < -0.39 is 0 Å². The van der Waals surface area contributed by atoms with E-state index in [1.807, 2.05) is 0 Å². The summed E-state index contributed by atoms with van der Waals surface area (Å²) in [4.78, 5) is 5.28. The summed E-state index contributed by atoms with van der Waals surface area (Å²) in [7, 11) is 0. The van der Waals surface area contributed by atoms with E-state index in [4.69, 9.17) is 11.6 Å². The van der Waals surface area contributed by atoms with E-state index >= 15 is 0 Å². The number of hydrogen-bond acceptors (Lipinski definition) is 2. The number of fused-ring (bicyclic) bond motifs is 1. The highest BCUT2D eigenvalue weighted by atomic mass is 35.5. The Labute approximate surface area is 110 Å². The maximum Gasteiger partial charge on any atom is 0.0144 e. The van der Waals surface area contributed by atoms with Crippen LogP contribution in [-0.2, 0) is 0 Å². The van der Waals surface area contributed by atoms with Gasteiger partial charge < -0.3 is 9.80 Å². The van der Waals surface area contributed by atoms with Crippen LogP contribution in [0, 0.1) is 11.8 Å². The van der Waals surface area contributed by atoms with Gasteiger partial charge in [-0.3, -0.25) is 0 Å². The second-order valence-electron chi connectivity index (χ2n) is 5.92. The Morgan fingerprint density at radius 1 is 1.06 bits per heavy atom. The number of halogens is 1. The highest BCUT2D eigenvalue weighted by Gasteiger charge is 2.34. The van der Waals surface area contributed by atoms with Gasteiger partial charge in [0.25, 0.3) is 0 Å². The topological polar surface area (TPSA) is 6.48 Å². The van der Waals surface area contributed by atoms with Crippen LogP contribution in [-0.4, -0.2) is 49.1 Å². The fourth-order valence-electron chi connectivity index (χ4n) is 3.62. The number of nitrogens with zero attached hydrogens (tertiary/aromatic N) is 2. The molecule has 0 bridgehead atoms. The standard InChI is InChI=1S/C14H23ClN2/c15-14-4-3-12-10-17(11-13(12)9-14)8-7-16-5-1-2-6-16/h4,12-13H,1-3,5-11H2/t12-,13-/m0/s1. The van der Waals surface area contributed by atoms with Gasteiger partial charge in [0.15, 0.2) is 0 Å². The second-order valence-corrected chi connectivity index (χ2v) is 6.40. The van der Waals surface area contributed by atoms with Gasteiger partial charge in [0.2, 0.25) is 0 Å². The van der Waals surface area contributed by atoms with Crippen LogP contribution in [0.25, 0.3) is 0 Å². The molecule has 0 N–H and O–H groups in total. The molecule has 3 heteroatoms. The lowest BCUT2D eigenvalue weighted by Crippen LogP contribution is -2.32. The van der Waals surface area contributed by atoms with E-state index in [-0.39, 0.29) is 0 Å². The van der Waals surface area contributed by atoms with E-state index in [1.165, 1.54) is 58.5 Å². The minimum absolute atomic E-state index is 0.839. The Balaban J connectivity index is 1.45. The molecular weight excluding hydrogens is 232 g/mol. The number of allylic oxidation sites excluding steroid dienone is 2. The van der Waals surface area contributed by atoms with Crippen LogP contribution in [0.4, 0.5) is 0 Å². The summed E-state index contributed by atoms with van der Waals surface area (Å²) in [6.07, 6.45) is 7.40. The van der Waals surface area contributed by atoms with Gasteiger partial charge in [-0.25, -0.2) is 0 Å². The van der Waals surface area contributed by atoms with Crippen LogP contribution in [0.1, 0.15) is 25.7 Å². The van der Waals surface area contributed by atoms with Gasteiger partial charge in [0.05, 0.1) is 0 Å². The lowest BCUT2D eigenvalue weighted by molar-refractivity contribution is 0.250. The molecule has 96 valence electrons. The normalized spacial score (nSPS) is 35.0. The molecule has 0 amide bonds. The zero-order chi connectivity index (χ0) is 11.7. The Hall–Kier alpha value is -0.0500. The molecule has 0 aromatic carbocycles. The number of rotatable bonds is 3. The fourth-order valence-corrected chi connectivity index (χ4v) is 3.91. The molecule has 2 aliphatic heterocycles. The third-order valence-electron chi connectivity index (χ3n) is 4.68. The third kappa shape index (κ3) is 2.86. The molecular formula is C14H23ClN2. The molecule has 17 heavy (non-hydrogen) atoms. The minimum Gasteiger partial charge on any atom is -0.302 e.